The zero-order valence-corrected chi connectivity index (χ0v) is 17.8. The molecule has 5 nitrogen and oxygen atoms in total. The molecule has 6 heteroatoms. The minimum absolute atomic E-state index is 0.0430. The number of nitriles is 1. The zero-order valence-electron chi connectivity index (χ0n) is 17.0. The highest BCUT2D eigenvalue weighted by Crippen LogP contribution is 2.36. The fourth-order valence-electron chi connectivity index (χ4n) is 3.03. The summed E-state index contributed by atoms with van der Waals surface area (Å²) in [5.41, 5.74) is 2.50. The molecule has 0 spiro atoms. The Labute approximate surface area is 182 Å². The molecule has 0 heterocycles. The highest BCUT2D eigenvalue weighted by molar-refractivity contribution is 7.87. The number of rotatable bonds is 8. The molecule has 0 radical (unpaired) electrons. The van der Waals surface area contributed by atoms with E-state index < -0.39 is 10.1 Å². The molecule has 0 fully saturated rings. The van der Waals surface area contributed by atoms with Gasteiger partial charge in [0.2, 0.25) is 0 Å². The van der Waals surface area contributed by atoms with Crippen molar-refractivity contribution in [2.24, 2.45) is 0 Å². The van der Waals surface area contributed by atoms with Crippen LogP contribution in [-0.2, 0) is 16.5 Å². The van der Waals surface area contributed by atoms with Gasteiger partial charge in [-0.2, -0.15) is 13.7 Å². The molecular formula is C25H21NO4S. The molecule has 156 valence electrons. The first-order chi connectivity index (χ1) is 15.0. The van der Waals surface area contributed by atoms with Crippen LogP contribution < -0.4 is 8.92 Å². The van der Waals surface area contributed by atoms with Crippen LogP contribution in [-0.4, -0.2) is 15.5 Å². The van der Waals surface area contributed by atoms with E-state index in [1.165, 1.54) is 19.2 Å². The van der Waals surface area contributed by atoms with Crippen molar-refractivity contribution in [3.05, 3.63) is 102 Å². The first-order valence-electron chi connectivity index (χ1n) is 9.47. The van der Waals surface area contributed by atoms with E-state index in [1.54, 1.807) is 42.5 Å². The van der Waals surface area contributed by atoms with Crippen LogP contribution in [0, 0.1) is 11.3 Å². The molecule has 3 aromatic rings. The monoisotopic (exact) mass is 431 g/mol. The summed E-state index contributed by atoms with van der Waals surface area (Å²) in [7, 11) is -2.62. The van der Waals surface area contributed by atoms with E-state index in [4.69, 9.17) is 8.92 Å². The lowest BCUT2D eigenvalue weighted by Gasteiger charge is -2.15. The third-order valence-electron chi connectivity index (χ3n) is 4.48. The van der Waals surface area contributed by atoms with Crippen LogP contribution in [0.1, 0.15) is 16.7 Å². The Morgan fingerprint density at radius 1 is 1.06 bits per heavy atom. The van der Waals surface area contributed by atoms with Crippen LogP contribution in [0.3, 0.4) is 0 Å². The molecule has 0 N–H and O–H groups in total. The smallest absolute Gasteiger partial charge is 0.339 e. The molecule has 0 saturated heterocycles. The lowest BCUT2D eigenvalue weighted by Crippen LogP contribution is -2.12. The average molecular weight is 432 g/mol. The number of nitrogens with zero attached hydrogens (tertiary/aromatic N) is 1. The van der Waals surface area contributed by atoms with Gasteiger partial charge in [0.1, 0.15) is 4.90 Å². The van der Waals surface area contributed by atoms with E-state index in [0.29, 0.717) is 23.1 Å². The Morgan fingerprint density at radius 3 is 2.29 bits per heavy atom. The predicted octanol–water partition coefficient (Wildman–Crippen LogP) is 5.26. The summed E-state index contributed by atoms with van der Waals surface area (Å²) in [6, 6.07) is 22.8. The van der Waals surface area contributed by atoms with Gasteiger partial charge < -0.3 is 8.92 Å². The van der Waals surface area contributed by atoms with E-state index in [0.717, 1.165) is 5.56 Å². The molecule has 0 amide bonds. The molecule has 3 rings (SSSR count). The number of benzene rings is 3. The largest absolute Gasteiger partial charge is 0.493 e. The van der Waals surface area contributed by atoms with Gasteiger partial charge in [-0.05, 0) is 47.9 Å². The third-order valence-corrected chi connectivity index (χ3v) is 5.72. The fourth-order valence-corrected chi connectivity index (χ4v) is 4.03. The van der Waals surface area contributed by atoms with Gasteiger partial charge in [-0.25, -0.2) is 0 Å². The highest BCUT2D eigenvalue weighted by Gasteiger charge is 2.22. The molecular weight excluding hydrogens is 410 g/mol. The number of hydrogen-bond donors (Lipinski definition) is 0. The second-order valence-corrected chi connectivity index (χ2v) is 8.14. The van der Waals surface area contributed by atoms with E-state index in [2.05, 4.69) is 12.6 Å². The van der Waals surface area contributed by atoms with Gasteiger partial charge in [0.05, 0.1) is 18.8 Å². The molecule has 0 bridgehead atoms. The topological polar surface area (TPSA) is 76.4 Å². The average Bonchev–Trinajstić information content (AvgIpc) is 2.80. The van der Waals surface area contributed by atoms with Crippen LogP contribution in [0.15, 0.2) is 90.3 Å². The minimum atomic E-state index is -4.05. The lowest BCUT2D eigenvalue weighted by atomic mass is 10.0. The third kappa shape index (κ3) is 5.21. The Hall–Kier alpha value is -3.82. The Kier molecular flexibility index (Phi) is 6.91. The van der Waals surface area contributed by atoms with Crippen LogP contribution in [0.25, 0.3) is 11.6 Å². The van der Waals surface area contributed by atoms with Gasteiger partial charge in [-0.15, -0.1) is 6.58 Å². The normalized spacial score (nSPS) is 11.4. The maximum Gasteiger partial charge on any atom is 0.339 e. The van der Waals surface area contributed by atoms with Crippen molar-refractivity contribution < 1.29 is 17.3 Å². The van der Waals surface area contributed by atoms with Crippen molar-refractivity contribution in [2.75, 3.05) is 7.11 Å². The van der Waals surface area contributed by atoms with E-state index in [1.807, 2.05) is 30.3 Å². The quantitative estimate of drug-likeness (QED) is 0.211. The molecule has 0 aliphatic heterocycles. The first kappa shape index (κ1) is 21.9. The van der Waals surface area contributed by atoms with Crippen molar-refractivity contribution >= 4 is 21.8 Å². The van der Waals surface area contributed by atoms with Gasteiger partial charge in [-0.3, -0.25) is 0 Å². The molecule has 0 unspecified atom stereocenters. The number of ether oxygens (including phenoxy) is 1. The summed E-state index contributed by atoms with van der Waals surface area (Å²) < 4.78 is 36.4. The van der Waals surface area contributed by atoms with Gasteiger partial charge >= 0.3 is 10.1 Å². The number of methoxy groups -OCH3 is 1. The number of hydrogen-bond acceptors (Lipinski definition) is 5. The summed E-state index contributed by atoms with van der Waals surface area (Å²) in [6.07, 6.45) is 3.72. The van der Waals surface area contributed by atoms with Crippen LogP contribution >= 0.6 is 0 Å². The van der Waals surface area contributed by atoms with E-state index in [-0.39, 0.29) is 16.4 Å². The molecule has 31 heavy (non-hydrogen) atoms. The molecule has 0 aliphatic rings. The summed E-state index contributed by atoms with van der Waals surface area (Å²) in [5, 5.41) is 9.60. The Bertz CT molecular complexity index is 1240. The van der Waals surface area contributed by atoms with Crippen molar-refractivity contribution in [1.29, 1.82) is 5.26 Å². The molecule has 3 aromatic carbocycles. The molecule has 0 aromatic heterocycles. The minimum Gasteiger partial charge on any atom is -0.493 e. The lowest BCUT2D eigenvalue weighted by molar-refractivity contribution is 0.389. The maximum absolute atomic E-state index is 12.8. The standard InChI is InChI=1S/C25H21NO4S/c1-3-10-21-15-19(16-22(18-26)20-11-6-4-7-12-20)17-24(29-2)25(21)30-31(27,28)23-13-8-5-9-14-23/h3-9,11-17H,1,10H2,2H3/b22-16+. The highest BCUT2D eigenvalue weighted by atomic mass is 32.2. The van der Waals surface area contributed by atoms with E-state index >= 15 is 0 Å². The van der Waals surface area contributed by atoms with Gasteiger partial charge in [0, 0.05) is 5.56 Å². The fraction of sp³-hybridized carbons (Fsp3) is 0.0800. The molecule has 0 saturated carbocycles. The van der Waals surface area contributed by atoms with Crippen molar-refractivity contribution in [3.8, 4) is 17.6 Å². The van der Waals surface area contributed by atoms with Crippen molar-refractivity contribution in [1.82, 2.24) is 0 Å². The summed E-state index contributed by atoms with van der Waals surface area (Å²) in [5.74, 6) is 0.345. The summed E-state index contributed by atoms with van der Waals surface area (Å²) in [4.78, 5) is 0.0430. The number of allylic oxidation sites excluding steroid dienone is 2. The van der Waals surface area contributed by atoms with E-state index in [9.17, 15) is 13.7 Å². The van der Waals surface area contributed by atoms with Crippen molar-refractivity contribution in [3.63, 3.8) is 0 Å². The Morgan fingerprint density at radius 2 is 1.71 bits per heavy atom. The first-order valence-corrected chi connectivity index (χ1v) is 10.9. The summed E-state index contributed by atoms with van der Waals surface area (Å²) in [6.45, 7) is 3.75. The maximum atomic E-state index is 12.8. The van der Waals surface area contributed by atoms with Crippen molar-refractivity contribution in [2.45, 2.75) is 11.3 Å². The van der Waals surface area contributed by atoms with Crippen LogP contribution in [0.4, 0.5) is 0 Å². The van der Waals surface area contributed by atoms with Crippen LogP contribution in [0.2, 0.25) is 0 Å². The SMILES string of the molecule is C=CCc1cc(/C=C(\C#N)c2ccccc2)cc(OC)c1OS(=O)(=O)c1ccccc1. The molecule has 0 atom stereocenters. The van der Waals surface area contributed by atoms with Gasteiger partial charge in [-0.1, -0.05) is 54.6 Å². The van der Waals surface area contributed by atoms with Gasteiger partial charge in [0.25, 0.3) is 0 Å². The second-order valence-electron chi connectivity index (χ2n) is 6.59. The van der Waals surface area contributed by atoms with Gasteiger partial charge in [0.15, 0.2) is 11.5 Å². The zero-order chi connectivity index (χ0) is 22.3. The van der Waals surface area contributed by atoms with Crippen LogP contribution in [0.5, 0.6) is 11.5 Å². The molecule has 0 aliphatic carbocycles. The second kappa shape index (κ2) is 9.79. The summed E-state index contributed by atoms with van der Waals surface area (Å²) >= 11 is 0. The Balaban J connectivity index is 2.09. The predicted molar refractivity (Wildman–Crippen MR) is 121 cm³/mol.